The third-order valence-electron chi connectivity index (χ3n) is 6.55. The molecule has 2 aromatic rings. The van der Waals surface area contributed by atoms with Crippen LogP contribution in [0.15, 0.2) is 40.7 Å². The zero-order valence-electron chi connectivity index (χ0n) is 19.1. The number of guanidine groups is 1. The van der Waals surface area contributed by atoms with Gasteiger partial charge in [-0.3, -0.25) is 9.89 Å². The molecule has 1 aromatic carbocycles. The Bertz CT molecular complexity index is 825. The van der Waals surface area contributed by atoms with Gasteiger partial charge in [-0.05, 0) is 70.0 Å². The van der Waals surface area contributed by atoms with Crippen molar-refractivity contribution in [3.8, 4) is 0 Å². The normalized spacial score (nSPS) is 21.0. The predicted molar refractivity (Wildman–Crippen MR) is 131 cm³/mol. The van der Waals surface area contributed by atoms with Gasteiger partial charge < -0.3 is 10.2 Å². The molecule has 1 aromatic heterocycles. The summed E-state index contributed by atoms with van der Waals surface area (Å²) in [5.74, 6) is 2.55. The van der Waals surface area contributed by atoms with E-state index in [0.29, 0.717) is 5.92 Å². The molecule has 0 bridgehead atoms. The van der Waals surface area contributed by atoms with E-state index in [1.165, 1.54) is 41.9 Å². The van der Waals surface area contributed by atoms with Gasteiger partial charge in [0.2, 0.25) is 0 Å². The summed E-state index contributed by atoms with van der Waals surface area (Å²) in [7, 11) is 0. The van der Waals surface area contributed by atoms with Crippen molar-refractivity contribution in [2.75, 3.05) is 39.3 Å². The molecule has 0 amide bonds. The smallest absolute Gasteiger partial charge is 0.193 e. The van der Waals surface area contributed by atoms with E-state index < -0.39 is 0 Å². The van der Waals surface area contributed by atoms with Crippen LogP contribution in [0.25, 0.3) is 0 Å². The molecule has 3 heterocycles. The van der Waals surface area contributed by atoms with E-state index in [9.17, 15) is 0 Å². The van der Waals surface area contributed by atoms with Gasteiger partial charge in [-0.1, -0.05) is 30.3 Å². The molecule has 2 saturated heterocycles. The lowest BCUT2D eigenvalue weighted by atomic mass is 9.97. The fourth-order valence-corrected chi connectivity index (χ4v) is 5.42. The van der Waals surface area contributed by atoms with E-state index in [-0.39, 0.29) is 0 Å². The third-order valence-corrected chi connectivity index (χ3v) is 7.37. The van der Waals surface area contributed by atoms with E-state index in [4.69, 9.17) is 4.99 Å². The van der Waals surface area contributed by atoms with E-state index in [1.807, 2.05) is 0 Å². The lowest BCUT2D eigenvalue weighted by Crippen LogP contribution is -2.41. The first-order chi connectivity index (χ1) is 15.2. The van der Waals surface area contributed by atoms with Crippen molar-refractivity contribution < 1.29 is 0 Å². The molecular formula is C25H37N5S. The van der Waals surface area contributed by atoms with Crippen molar-refractivity contribution in [1.29, 1.82) is 0 Å². The molecule has 1 atom stereocenters. The average molecular weight is 440 g/mol. The molecule has 1 N–H and O–H groups in total. The molecule has 2 fully saturated rings. The maximum atomic E-state index is 5.08. The molecule has 31 heavy (non-hydrogen) atoms. The summed E-state index contributed by atoms with van der Waals surface area (Å²) in [5.41, 5.74) is 2.68. The highest BCUT2D eigenvalue weighted by Crippen LogP contribution is 2.23. The summed E-state index contributed by atoms with van der Waals surface area (Å²) in [6.45, 7) is 11.7. The number of rotatable bonds is 7. The Morgan fingerprint density at radius 1 is 1.13 bits per heavy atom. The zero-order valence-corrected chi connectivity index (χ0v) is 19.9. The second-order valence-electron chi connectivity index (χ2n) is 9.06. The number of hydrogen-bond acceptors (Lipinski definition) is 4. The molecule has 0 radical (unpaired) electrons. The van der Waals surface area contributed by atoms with E-state index in [0.717, 1.165) is 57.7 Å². The molecule has 4 rings (SSSR count). The Kier molecular flexibility index (Phi) is 7.97. The third kappa shape index (κ3) is 6.53. The number of aliphatic imine (C=N–C) groups is 1. The van der Waals surface area contributed by atoms with Crippen molar-refractivity contribution in [3.05, 3.63) is 52.0 Å². The number of benzene rings is 1. The predicted octanol–water partition coefficient (Wildman–Crippen LogP) is 4.19. The minimum absolute atomic E-state index is 0.699. The van der Waals surface area contributed by atoms with Crippen molar-refractivity contribution >= 4 is 17.3 Å². The first-order valence-corrected chi connectivity index (χ1v) is 12.8. The molecular weight excluding hydrogens is 402 g/mol. The Labute approximate surface area is 191 Å². The van der Waals surface area contributed by atoms with Crippen molar-refractivity contribution in [2.24, 2.45) is 16.8 Å². The second-order valence-corrected chi connectivity index (χ2v) is 10.1. The summed E-state index contributed by atoms with van der Waals surface area (Å²) in [6, 6.07) is 10.9. The molecule has 5 nitrogen and oxygen atoms in total. The fourth-order valence-electron chi connectivity index (χ4n) is 4.82. The maximum absolute atomic E-state index is 5.08. The molecule has 2 aliphatic rings. The molecule has 1 unspecified atom stereocenters. The van der Waals surface area contributed by atoms with Gasteiger partial charge in [0, 0.05) is 38.1 Å². The summed E-state index contributed by atoms with van der Waals surface area (Å²) >= 11 is 1.75. The number of likely N-dealkylation sites (tertiary alicyclic amines) is 2. The monoisotopic (exact) mass is 439 g/mol. The Balaban J connectivity index is 1.24. The molecule has 0 aliphatic carbocycles. The van der Waals surface area contributed by atoms with Crippen LogP contribution in [0.4, 0.5) is 0 Å². The minimum Gasteiger partial charge on any atom is -0.357 e. The summed E-state index contributed by atoms with van der Waals surface area (Å²) < 4.78 is 0. The standard InChI is InChI=1S/C25H37N5S/c1-3-26-25(30-14-11-23(17-30)15-21-7-5-4-6-8-21)27-16-22-9-12-29(13-10-22)18-24-19-31-20(2)28-24/h4-8,19,22-23H,3,9-18H2,1-2H3,(H,26,27). The Morgan fingerprint density at radius 3 is 2.61 bits per heavy atom. The van der Waals surface area contributed by atoms with Crippen LogP contribution in [-0.4, -0.2) is 60.0 Å². The first kappa shape index (κ1) is 22.3. The van der Waals surface area contributed by atoms with Gasteiger partial charge in [0.25, 0.3) is 0 Å². The molecule has 2 aliphatic heterocycles. The van der Waals surface area contributed by atoms with Gasteiger partial charge >= 0.3 is 0 Å². The van der Waals surface area contributed by atoms with Crippen LogP contribution in [0.2, 0.25) is 0 Å². The topological polar surface area (TPSA) is 43.8 Å². The minimum atomic E-state index is 0.699. The number of aryl methyl sites for hydroxylation is 1. The van der Waals surface area contributed by atoms with Gasteiger partial charge in [0.05, 0.1) is 10.7 Å². The largest absolute Gasteiger partial charge is 0.357 e. The first-order valence-electron chi connectivity index (χ1n) is 11.9. The van der Waals surface area contributed by atoms with Gasteiger partial charge in [-0.15, -0.1) is 11.3 Å². The highest BCUT2D eigenvalue weighted by Gasteiger charge is 2.26. The number of piperidine rings is 1. The van der Waals surface area contributed by atoms with Crippen LogP contribution >= 0.6 is 11.3 Å². The lowest BCUT2D eigenvalue weighted by Gasteiger charge is -2.31. The summed E-state index contributed by atoms with van der Waals surface area (Å²) in [6.07, 6.45) is 4.91. The van der Waals surface area contributed by atoms with Crippen LogP contribution in [-0.2, 0) is 13.0 Å². The number of nitrogens with zero attached hydrogens (tertiary/aromatic N) is 4. The SMILES string of the molecule is CCNC(=NCC1CCN(Cc2csc(C)n2)CC1)N1CCC(Cc2ccccc2)C1. The Morgan fingerprint density at radius 2 is 1.90 bits per heavy atom. The van der Waals surface area contributed by atoms with Crippen LogP contribution in [0.5, 0.6) is 0 Å². The molecule has 168 valence electrons. The van der Waals surface area contributed by atoms with E-state index >= 15 is 0 Å². The zero-order chi connectivity index (χ0) is 21.5. The highest BCUT2D eigenvalue weighted by atomic mass is 32.1. The van der Waals surface area contributed by atoms with Crippen LogP contribution in [0.3, 0.4) is 0 Å². The van der Waals surface area contributed by atoms with Gasteiger partial charge in [-0.2, -0.15) is 0 Å². The van der Waals surface area contributed by atoms with E-state index in [1.54, 1.807) is 11.3 Å². The average Bonchev–Trinajstić information content (AvgIpc) is 3.42. The number of hydrogen-bond donors (Lipinski definition) is 1. The Hall–Kier alpha value is -1.92. The van der Waals surface area contributed by atoms with Crippen LogP contribution in [0, 0.1) is 18.8 Å². The number of thiazole rings is 1. The van der Waals surface area contributed by atoms with Gasteiger partial charge in [-0.25, -0.2) is 4.98 Å². The van der Waals surface area contributed by atoms with Crippen molar-refractivity contribution in [1.82, 2.24) is 20.1 Å². The van der Waals surface area contributed by atoms with E-state index in [2.05, 4.69) is 69.7 Å². The molecule has 0 saturated carbocycles. The summed E-state index contributed by atoms with van der Waals surface area (Å²) in [4.78, 5) is 14.7. The summed E-state index contributed by atoms with van der Waals surface area (Å²) in [5, 5.41) is 6.92. The lowest BCUT2D eigenvalue weighted by molar-refractivity contribution is 0.179. The number of nitrogens with one attached hydrogen (secondary N) is 1. The quantitative estimate of drug-likeness (QED) is 0.519. The van der Waals surface area contributed by atoms with Crippen molar-refractivity contribution in [2.45, 2.75) is 46.1 Å². The maximum Gasteiger partial charge on any atom is 0.193 e. The van der Waals surface area contributed by atoms with Gasteiger partial charge in [0.1, 0.15) is 0 Å². The second kappa shape index (κ2) is 11.1. The number of aromatic nitrogens is 1. The molecule has 0 spiro atoms. The van der Waals surface area contributed by atoms with Crippen molar-refractivity contribution in [3.63, 3.8) is 0 Å². The van der Waals surface area contributed by atoms with Crippen LogP contribution in [0.1, 0.15) is 42.5 Å². The fraction of sp³-hybridized carbons (Fsp3) is 0.600. The highest BCUT2D eigenvalue weighted by molar-refractivity contribution is 7.09. The molecule has 6 heteroatoms. The van der Waals surface area contributed by atoms with Gasteiger partial charge in [0.15, 0.2) is 5.96 Å². The van der Waals surface area contributed by atoms with Crippen LogP contribution < -0.4 is 5.32 Å².